The van der Waals surface area contributed by atoms with Crippen LogP contribution in [0.3, 0.4) is 0 Å². The second-order valence-corrected chi connectivity index (χ2v) is 3.99. The fourth-order valence-electron chi connectivity index (χ4n) is 1.51. The molecule has 0 unspecified atom stereocenters. The summed E-state index contributed by atoms with van der Waals surface area (Å²) < 4.78 is 0. The zero-order chi connectivity index (χ0) is 14.5. The number of nitrogens with one attached hydrogen (secondary N) is 1. The quantitative estimate of drug-likeness (QED) is 0.503. The third-order valence-electron chi connectivity index (χ3n) is 2.49. The Hall–Kier alpha value is -3.02. The van der Waals surface area contributed by atoms with Gasteiger partial charge < -0.3 is 15.3 Å². The van der Waals surface area contributed by atoms with E-state index in [0.29, 0.717) is 5.56 Å². The summed E-state index contributed by atoms with van der Waals surface area (Å²) in [6, 6.07) is 9.84. The van der Waals surface area contributed by atoms with E-state index in [1.165, 1.54) is 42.6 Å². The Morgan fingerprint density at radius 2 is 1.80 bits per heavy atom. The molecule has 0 aliphatic heterocycles. The van der Waals surface area contributed by atoms with Crippen LogP contribution in [-0.2, 0) is 0 Å². The van der Waals surface area contributed by atoms with Gasteiger partial charge in [0, 0.05) is 17.2 Å². The van der Waals surface area contributed by atoms with Crippen molar-refractivity contribution < 1.29 is 20.1 Å². The molecule has 4 N–H and O–H groups in total. The minimum atomic E-state index is -0.490. The third-order valence-corrected chi connectivity index (χ3v) is 2.49. The highest BCUT2D eigenvalue weighted by molar-refractivity contribution is 5.95. The molecule has 102 valence electrons. The fraction of sp³-hybridized carbons (Fsp3) is 0. The zero-order valence-electron chi connectivity index (χ0n) is 10.3. The second kappa shape index (κ2) is 5.75. The number of amides is 1. The first-order valence-electron chi connectivity index (χ1n) is 5.70. The highest BCUT2D eigenvalue weighted by Crippen LogP contribution is 2.20. The van der Waals surface area contributed by atoms with E-state index in [-0.39, 0.29) is 22.8 Å². The number of carbonyl (C=O) groups is 1. The Balaban J connectivity index is 2.04. The molecule has 0 aliphatic rings. The van der Waals surface area contributed by atoms with Crippen molar-refractivity contribution in [3.8, 4) is 17.2 Å². The maximum atomic E-state index is 11.7. The Morgan fingerprint density at radius 3 is 2.50 bits per heavy atom. The lowest BCUT2D eigenvalue weighted by atomic mass is 10.2. The molecule has 1 amide bonds. The Kier molecular flexibility index (Phi) is 3.85. The molecule has 0 aliphatic carbocycles. The molecule has 0 saturated carbocycles. The summed E-state index contributed by atoms with van der Waals surface area (Å²) in [5, 5.41) is 31.6. The molecule has 6 nitrogen and oxygen atoms in total. The van der Waals surface area contributed by atoms with Crippen molar-refractivity contribution in [1.82, 2.24) is 5.43 Å². The van der Waals surface area contributed by atoms with Crippen LogP contribution in [0.2, 0.25) is 0 Å². The maximum absolute atomic E-state index is 11.7. The van der Waals surface area contributed by atoms with Crippen LogP contribution in [0, 0.1) is 0 Å². The molecule has 0 radical (unpaired) electrons. The predicted octanol–water partition coefficient (Wildman–Crippen LogP) is 1.57. The number of benzene rings is 2. The average molecular weight is 272 g/mol. The van der Waals surface area contributed by atoms with Crippen LogP contribution in [0.25, 0.3) is 0 Å². The van der Waals surface area contributed by atoms with Gasteiger partial charge >= 0.3 is 0 Å². The number of aromatic hydroxyl groups is 3. The molecule has 6 heteroatoms. The van der Waals surface area contributed by atoms with Gasteiger partial charge in [0.25, 0.3) is 5.91 Å². The van der Waals surface area contributed by atoms with Gasteiger partial charge in [-0.15, -0.1) is 0 Å². The first kappa shape index (κ1) is 13.4. The number of hydrazone groups is 1. The lowest BCUT2D eigenvalue weighted by Crippen LogP contribution is -2.17. The lowest BCUT2D eigenvalue weighted by molar-refractivity contribution is 0.0954. The third kappa shape index (κ3) is 3.26. The average Bonchev–Trinajstić information content (AvgIpc) is 2.41. The topological polar surface area (TPSA) is 102 Å². The summed E-state index contributed by atoms with van der Waals surface area (Å²) in [6.45, 7) is 0. The van der Waals surface area contributed by atoms with Gasteiger partial charge in [-0.2, -0.15) is 5.10 Å². The van der Waals surface area contributed by atoms with Gasteiger partial charge in [-0.3, -0.25) is 4.79 Å². The molecule has 0 saturated heterocycles. The number of hydrogen-bond acceptors (Lipinski definition) is 5. The highest BCUT2D eigenvalue weighted by Gasteiger charge is 2.04. The Labute approximate surface area is 114 Å². The van der Waals surface area contributed by atoms with Crippen LogP contribution in [0.5, 0.6) is 17.2 Å². The van der Waals surface area contributed by atoms with Gasteiger partial charge in [-0.05, 0) is 30.3 Å². The predicted molar refractivity (Wildman–Crippen MR) is 72.9 cm³/mol. The SMILES string of the molecule is O=C(NN=Cc1ccc(O)cc1O)c1cccc(O)c1. The molecule has 20 heavy (non-hydrogen) atoms. The highest BCUT2D eigenvalue weighted by atomic mass is 16.3. The van der Waals surface area contributed by atoms with E-state index in [1.54, 1.807) is 6.07 Å². The van der Waals surface area contributed by atoms with Gasteiger partial charge in [0.2, 0.25) is 0 Å². The monoisotopic (exact) mass is 272 g/mol. The van der Waals surface area contributed by atoms with Crippen molar-refractivity contribution in [3.63, 3.8) is 0 Å². The zero-order valence-corrected chi connectivity index (χ0v) is 10.3. The fourth-order valence-corrected chi connectivity index (χ4v) is 1.51. The van der Waals surface area contributed by atoms with Crippen molar-refractivity contribution in [2.75, 3.05) is 0 Å². The smallest absolute Gasteiger partial charge is 0.271 e. The number of rotatable bonds is 3. The van der Waals surface area contributed by atoms with Crippen LogP contribution in [0.1, 0.15) is 15.9 Å². The van der Waals surface area contributed by atoms with Crippen molar-refractivity contribution >= 4 is 12.1 Å². The van der Waals surface area contributed by atoms with E-state index in [0.717, 1.165) is 0 Å². The van der Waals surface area contributed by atoms with E-state index in [2.05, 4.69) is 10.5 Å². The van der Waals surface area contributed by atoms with E-state index < -0.39 is 5.91 Å². The van der Waals surface area contributed by atoms with Gasteiger partial charge in [-0.25, -0.2) is 5.43 Å². The first-order valence-corrected chi connectivity index (χ1v) is 5.70. The molecule has 2 aromatic rings. The summed E-state index contributed by atoms with van der Waals surface area (Å²) in [7, 11) is 0. The van der Waals surface area contributed by atoms with E-state index in [1.807, 2.05) is 0 Å². The number of phenolic OH excluding ortho intramolecular Hbond substituents is 3. The van der Waals surface area contributed by atoms with Gasteiger partial charge in [0.15, 0.2) is 0 Å². The normalized spacial score (nSPS) is 10.6. The molecule has 0 heterocycles. The number of phenols is 3. The molecular weight excluding hydrogens is 260 g/mol. The summed E-state index contributed by atoms with van der Waals surface area (Å²) in [4.78, 5) is 11.7. The molecule has 0 aromatic heterocycles. The largest absolute Gasteiger partial charge is 0.508 e. The summed E-state index contributed by atoms with van der Waals surface area (Å²) in [5.41, 5.74) is 2.87. The minimum absolute atomic E-state index is 0.0159. The number of carbonyl (C=O) groups excluding carboxylic acids is 1. The Bertz CT molecular complexity index is 668. The van der Waals surface area contributed by atoms with Gasteiger partial charge in [-0.1, -0.05) is 6.07 Å². The van der Waals surface area contributed by atoms with Gasteiger partial charge in [0.05, 0.1) is 6.21 Å². The molecule has 0 spiro atoms. The lowest BCUT2D eigenvalue weighted by Gasteiger charge is -2.01. The maximum Gasteiger partial charge on any atom is 0.271 e. The summed E-state index contributed by atoms with van der Waals surface area (Å²) in [5.74, 6) is -0.725. The molecule has 0 fully saturated rings. The van der Waals surface area contributed by atoms with Crippen molar-refractivity contribution in [2.24, 2.45) is 5.10 Å². The first-order chi connectivity index (χ1) is 9.56. The molecule has 0 bridgehead atoms. The standard InChI is InChI=1S/C14H12N2O4/c17-11-3-1-2-9(6-11)14(20)16-15-8-10-4-5-12(18)7-13(10)19/h1-8,17-19H,(H,16,20). The van der Waals surface area contributed by atoms with Crippen LogP contribution in [-0.4, -0.2) is 27.4 Å². The molecule has 0 atom stereocenters. The van der Waals surface area contributed by atoms with Gasteiger partial charge in [0.1, 0.15) is 17.2 Å². The van der Waals surface area contributed by atoms with Crippen LogP contribution in [0.4, 0.5) is 0 Å². The molecule has 2 rings (SSSR count). The second-order valence-electron chi connectivity index (χ2n) is 3.99. The van der Waals surface area contributed by atoms with Crippen molar-refractivity contribution in [2.45, 2.75) is 0 Å². The van der Waals surface area contributed by atoms with Crippen LogP contribution < -0.4 is 5.43 Å². The minimum Gasteiger partial charge on any atom is -0.508 e. The van der Waals surface area contributed by atoms with E-state index in [9.17, 15) is 15.0 Å². The van der Waals surface area contributed by atoms with Crippen molar-refractivity contribution in [3.05, 3.63) is 53.6 Å². The number of hydrogen-bond donors (Lipinski definition) is 4. The van der Waals surface area contributed by atoms with Crippen molar-refractivity contribution in [1.29, 1.82) is 0 Å². The summed E-state index contributed by atoms with van der Waals surface area (Å²) in [6.07, 6.45) is 1.25. The van der Waals surface area contributed by atoms with Crippen LogP contribution in [0.15, 0.2) is 47.6 Å². The number of nitrogens with zero attached hydrogens (tertiary/aromatic N) is 1. The van der Waals surface area contributed by atoms with E-state index >= 15 is 0 Å². The van der Waals surface area contributed by atoms with Crippen LogP contribution >= 0.6 is 0 Å². The van der Waals surface area contributed by atoms with E-state index in [4.69, 9.17) is 5.11 Å². The molecular formula is C14H12N2O4. The Morgan fingerprint density at radius 1 is 1.05 bits per heavy atom. The summed E-state index contributed by atoms with van der Waals surface area (Å²) >= 11 is 0. The molecule has 2 aromatic carbocycles.